The van der Waals surface area contributed by atoms with Gasteiger partial charge in [0.1, 0.15) is 11.6 Å². The summed E-state index contributed by atoms with van der Waals surface area (Å²) in [6.45, 7) is 5.09. The zero-order valence-electron chi connectivity index (χ0n) is 10.3. The van der Waals surface area contributed by atoms with Gasteiger partial charge in [0.2, 0.25) is 0 Å². The third-order valence-corrected chi connectivity index (χ3v) is 3.23. The highest BCUT2D eigenvalue weighted by Crippen LogP contribution is 2.19. The largest absolute Gasteiger partial charge is 0.383 e. The number of rotatable bonds is 4. The van der Waals surface area contributed by atoms with E-state index in [1.165, 1.54) is 0 Å². The summed E-state index contributed by atoms with van der Waals surface area (Å²) in [6.07, 6.45) is 0.950. The monoisotopic (exact) mass is 334 g/mol. The highest BCUT2D eigenvalue weighted by atomic mass is 127. The molecule has 0 spiro atoms. The number of nitrogens with zero attached hydrogens (tertiary/aromatic N) is 3. The lowest BCUT2D eigenvalue weighted by Gasteiger charge is -2.13. The van der Waals surface area contributed by atoms with Crippen molar-refractivity contribution in [1.29, 1.82) is 0 Å². The Labute approximate surface area is 111 Å². The summed E-state index contributed by atoms with van der Waals surface area (Å²) >= 11 is 2.23. The summed E-state index contributed by atoms with van der Waals surface area (Å²) in [4.78, 5) is 10.9. The van der Waals surface area contributed by atoms with E-state index in [9.17, 15) is 0 Å². The molecule has 0 aliphatic carbocycles. The lowest BCUT2D eigenvalue weighted by Crippen LogP contribution is -2.16. The number of hydrogen-bond donors (Lipinski definition) is 1. The van der Waals surface area contributed by atoms with Crippen LogP contribution >= 0.6 is 22.6 Å². The van der Waals surface area contributed by atoms with Crippen LogP contribution in [0.5, 0.6) is 0 Å². The predicted molar refractivity (Wildman–Crippen MR) is 75.1 cm³/mol. The minimum Gasteiger partial charge on any atom is -0.383 e. The second kappa shape index (κ2) is 5.77. The molecule has 1 aromatic rings. The summed E-state index contributed by atoms with van der Waals surface area (Å²) < 4.78 is 0.994. The number of halogens is 1. The van der Waals surface area contributed by atoms with Gasteiger partial charge >= 0.3 is 0 Å². The maximum atomic E-state index is 5.90. The molecule has 1 rings (SSSR count). The van der Waals surface area contributed by atoms with Gasteiger partial charge in [0.05, 0.1) is 15.8 Å². The van der Waals surface area contributed by atoms with Gasteiger partial charge < -0.3 is 10.6 Å². The van der Waals surface area contributed by atoms with Crippen LogP contribution in [0.25, 0.3) is 0 Å². The van der Waals surface area contributed by atoms with Crippen LogP contribution in [0.4, 0.5) is 5.82 Å². The Balaban J connectivity index is 3.01. The highest BCUT2D eigenvalue weighted by Gasteiger charge is 2.11. The van der Waals surface area contributed by atoms with Crippen LogP contribution in [-0.2, 0) is 13.0 Å². The zero-order chi connectivity index (χ0) is 12.3. The minimum atomic E-state index is 0.579. The number of anilines is 1. The average molecular weight is 334 g/mol. The molecule has 1 heterocycles. The molecule has 0 aromatic carbocycles. The van der Waals surface area contributed by atoms with Crippen LogP contribution in [0.3, 0.4) is 0 Å². The number of nitrogen functional groups attached to an aromatic ring is 1. The molecule has 0 unspecified atom stereocenters. The van der Waals surface area contributed by atoms with E-state index < -0.39 is 0 Å². The van der Waals surface area contributed by atoms with Gasteiger partial charge in [-0.2, -0.15) is 0 Å². The first-order chi connectivity index (χ1) is 7.40. The first-order valence-electron chi connectivity index (χ1n) is 5.35. The average Bonchev–Trinajstić information content (AvgIpc) is 2.11. The molecule has 5 heteroatoms. The van der Waals surface area contributed by atoms with E-state index in [1.54, 1.807) is 0 Å². The smallest absolute Gasteiger partial charge is 0.145 e. The van der Waals surface area contributed by atoms with E-state index in [-0.39, 0.29) is 0 Å². The van der Waals surface area contributed by atoms with Crippen molar-refractivity contribution in [3.63, 3.8) is 0 Å². The lowest BCUT2D eigenvalue weighted by molar-refractivity contribution is 0.389. The Bertz CT molecular complexity index is 363. The van der Waals surface area contributed by atoms with Gasteiger partial charge in [-0.25, -0.2) is 9.97 Å². The van der Waals surface area contributed by atoms with Crippen molar-refractivity contribution in [2.75, 3.05) is 19.8 Å². The maximum Gasteiger partial charge on any atom is 0.145 e. The molecule has 4 nitrogen and oxygen atoms in total. The van der Waals surface area contributed by atoms with Crippen molar-refractivity contribution >= 4 is 28.4 Å². The van der Waals surface area contributed by atoms with E-state index in [1.807, 2.05) is 19.0 Å². The molecule has 0 aliphatic rings. The SMILES string of the molecule is CC(C)Cc1nc(CN(C)C)nc(N)c1I. The molecule has 16 heavy (non-hydrogen) atoms. The first kappa shape index (κ1) is 13.6. The van der Waals surface area contributed by atoms with Crippen LogP contribution < -0.4 is 5.73 Å². The Morgan fingerprint density at radius 2 is 1.94 bits per heavy atom. The minimum absolute atomic E-state index is 0.579. The first-order valence-corrected chi connectivity index (χ1v) is 6.43. The molecule has 0 fully saturated rings. The van der Waals surface area contributed by atoms with Crippen molar-refractivity contribution in [2.24, 2.45) is 5.92 Å². The van der Waals surface area contributed by atoms with Gasteiger partial charge in [0, 0.05) is 0 Å². The van der Waals surface area contributed by atoms with E-state index in [0.29, 0.717) is 11.7 Å². The zero-order valence-corrected chi connectivity index (χ0v) is 12.4. The molecule has 0 aliphatic heterocycles. The molecule has 0 saturated carbocycles. The summed E-state index contributed by atoms with van der Waals surface area (Å²) in [5.41, 5.74) is 6.97. The topological polar surface area (TPSA) is 55.0 Å². The fourth-order valence-electron chi connectivity index (χ4n) is 1.44. The standard InChI is InChI=1S/C11H19IN4/c1-7(2)5-8-10(12)11(13)15-9(14-8)6-16(3)4/h7H,5-6H2,1-4H3,(H2,13,14,15). The molecule has 2 N–H and O–H groups in total. The second-order valence-electron chi connectivity index (χ2n) is 4.62. The van der Waals surface area contributed by atoms with Gasteiger partial charge in [0.25, 0.3) is 0 Å². The number of hydrogen-bond acceptors (Lipinski definition) is 4. The summed E-state index contributed by atoms with van der Waals surface area (Å²) in [5, 5.41) is 0. The van der Waals surface area contributed by atoms with E-state index in [4.69, 9.17) is 5.73 Å². The molecule has 0 amide bonds. The fraction of sp³-hybridized carbons (Fsp3) is 0.636. The summed E-state index contributed by atoms with van der Waals surface area (Å²) in [6, 6.07) is 0. The molecule has 0 saturated heterocycles. The summed E-state index contributed by atoms with van der Waals surface area (Å²) in [5.74, 6) is 1.98. The lowest BCUT2D eigenvalue weighted by atomic mass is 10.1. The van der Waals surface area contributed by atoms with Gasteiger partial charge in [-0.15, -0.1) is 0 Å². The molecule has 1 aromatic heterocycles. The molecular formula is C11H19IN4. The van der Waals surface area contributed by atoms with E-state index in [0.717, 1.165) is 28.1 Å². The Morgan fingerprint density at radius 1 is 1.31 bits per heavy atom. The number of nitrogens with two attached hydrogens (primary N) is 1. The van der Waals surface area contributed by atoms with Crippen LogP contribution in [0.2, 0.25) is 0 Å². The van der Waals surface area contributed by atoms with Crippen molar-refractivity contribution < 1.29 is 0 Å². The van der Waals surface area contributed by atoms with Crippen LogP contribution in [0.15, 0.2) is 0 Å². The Kier molecular flexibility index (Phi) is 4.91. The summed E-state index contributed by atoms with van der Waals surface area (Å²) in [7, 11) is 4.00. The Morgan fingerprint density at radius 3 is 2.44 bits per heavy atom. The fourth-order valence-corrected chi connectivity index (χ4v) is 1.90. The molecule has 0 bridgehead atoms. The normalized spacial score (nSPS) is 11.4. The highest BCUT2D eigenvalue weighted by molar-refractivity contribution is 14.1. The molecule has 90 valence electrons. The molecular weight excluding hydrogens is 315 g/mol. The predicted octanol–water partition coefficient (Wildman–Crippen LogP) is 1.92. The Hall–Kier alpha value is -0.430. The molecule has 0 atom stereocenters. The molecule has 0 radical (unpaired) electrons. The number of aromatic nitrogens is 2. The maximum absolute atomic E-state index is 5.90. The third kappa shape index (κ3) is 3.86. The third-order valence-electron chi connectivity index (χ3n) is 2.05. The van der Waals surface area contributed by atoms with Gasteiger partial charge in [-0.3, -0.25) is 0 Å². The van der Waals surface area contributed by atoms with Crippen LogP contribution in [0, 0.1) is 9.49 Å². The van der Waals surface area contributed by atoms with Crippen LogP contribution in [0.1, 0.15) is 25.4 Å². The van der Waals surface area contributed by atoms with E-state index >= 15 is 0 Å². The van der Waals surface area contributed by atoms with Gasteiger partial charge in [-0.05, 0) is 49.0 Å². The quantitative estimate of drug-likeness (QED) is 0.855. The van der Waals surface area contributed by atoms with E-state index in [2.05, 4.69) is 46.4 Å². The van der Waals surface area contributed by atoms with Crippen molar-refractivity contribution in [2.45, 2.75) is 26.8 Å². The van der Waals surface area contributed by atoms with Gasteiger partial charge in [0.15, 0.2) is 0 Å². The van der Waals surface area contributed by atoms with Gasteiger partial charge in [-0.1, -0.05) is 13.8 Å². The second-order valence-corrected chi connectivity index (χ2v) is 5.70. The van der Waals surface area contributed by atoms with Crippen molar-refractivity contribution in [3.05, 3.63) is 15.1 Å². The van der Waals surface area contributed by atoms with Crippen molar-refractivity contribution in [3.8, 4) is 0 Å². The van der Waals surface area contributed by atoms with Crippen molar-refractivity contribution in [1.82, 2.24) is 14.9 Å². The van der Waals surface area contributed by atoms with Crippen LogP contribution in [-0.4, -0.2) is 29.0 Å².